The van der Waals surface area contributed by atoms with Gasteiger partial charge >= 0.3 is 5.97 Å². The molecule has 0 rings (SSSR count). The van der Waals surface area contributed by atoms with Gasteiger partial charge in [-0.3, -0.25) is 4.79 Å². The Labute approximate surface area is 98.6 Å². The number of hydrogen-bond acceptors (Lipinski definition) is 3. The van der Waals surface area contributed by atoms with Gasteiger partial charge in [0.15, 0.2) is 0 Å². The quantitative estimate of drug-likeness (QED) is 0.583. The summed E-state index contributed by atoms with van der Waals surface area (Å²) in [7, 11) is 1.69. The summed E-state index contributed by atoms with van der Waals surface area (Å²) in [6, 6.07) is 0. The molecule has 0 saturated carbocycles. The Morgan fingerprint density at radius 2 is 2.00 bits per heavy atom. The monoisotopic (exact) mass is 231 g/mol. The minimum absolute atomic E-state index is 0.227. The van der Waals surface area contributed by atoms with E-state index in [1.165, 1.54) is 0 Å². The molecule has 0 atom stereocenters. The van der Waals surface area contributed by atoms with Crippen LogP contribution in [0.3, 0.4) is 0 Å². The summed E-state index contributed by atoms with van der Waals surface area (Å²) >= 11 is 0. The van der Waals surface area contributed by atoms with E-state index in [4.69, 9.17) is 9.84 Å². The molecule has 1 N–H and O–H groups in total. The lowest BCUT2D eigenvalue weighted by Gasteiger charge is -2.22. The summed E-state index contributed by atoms with van der Waals surface area (Å²) in [6.45, 7) is 7.66. The van der Waals surface area contributed by atoms with Gasteiger partial charge in [0, 0.05) is 26.8 Å². The maximum Gasteiger partial charge on any atom is 0.304 e. The third kappa shape index (κ3) is 9.93. The maximum absolute atomic E-state index is 10.5. The van der Waals surface area contributed by atoms with Crippen molar-refractivity contribution in [1.82, 2.24) is 4.90 Å². The first-order valence-electron chi connectivity index (χ1n) is 5.99. The Hall–Kier alpha value is -0.610. The summed E-state index contributed by atoms with van der Waals surface area (Å²) in [6.07, 6.45) is 2.31. The summed E-state index contributed by atoms with van der Waals surface area (Å²) in [4.78, 5) is 12.7. The molecule has 4 nitrogen and oxygen atoms in total. The molecule has 0 aromatic carbocycles. The summed E-state index contributed by atoms with van der Waals surface area (Å²) < 4.78 is 5.00. The number of carbonyl (C=O) groups is 1. The van der Waals surface area contributed by atoms with Crippen molar-refractivity contribution in [2.24, 2.45) is 5.92 Å². The molecule has 0 aliphatic carbocycles. The molecule has 0 spiro atoms. The van der Waals surface area contributed by atoms with E-state index in [0.717, 1.165) is 32.5 Å². The van der Waals surface area contributed by atoms with Crippen molar-refractivity contribution in [3.8, 4) is 0 Å². The number of hydrogen-bond donors (Lipinski definition) is 1. The zero-order valence-corrected chi connectivity index (χ0v) is 10.7. The Balaban J connectivity index is 3.80. The van der Waals surface area contributed by atoms with Crippen molar-refractivity contribution in [3.05, 3.63) is 0 Å². The fourth-order valence-electron chi connectivity index (χ4n) is 1.46. The van der Waals surface area contributed by atoms with E-state index < -0.39 is 5.97 Å². The highest BCUT2D eigenvalue weighted by atomic mass is 16.5. The zero-order chi connectivity index (χ0) is 12.4. The van der Waals surface area contributed by atoms with Gasteiger partial charge in [-0.25, -0.2) is 0 Å². The van der Waals surface area contributed by atoms with Crippen LogP contribution in [0.2, 0.25) is 0 Å². The van der Waals surface area contributed by atoms with Crippen LogP contribution < -0.4 is 0 Å². The molecule has 0 aromatic rings. The molecule has 0 heterocycles. The van der Waals surface area contributed by atoms with Crippen LogP contribution in [-0.2, 0) is 9.53 Å². The minimum atomic E-state index is -0.721. The fourth-order valence-corrected chi connectivity index (χ4v) is 1.46. The molecule has 0 aromatic heterocycles. The van der Waals surface area contributed by atoms with Gasteiger partial charge in [0.05, 0.1) is 6.42 Å². The predicted octanol–water partition coefficient (Wildman–Crippen LogP) is 1.85. The molecule has 16 heavy (non-hydrogen) atoms. The highest BCUT2D eigenvalue weighted by Gasteiger charge is 2.08. The number of rotatable bonds is 10. The van der Waals surface area contributed by atoms with E-state index in [2.05, 4.69) is 18.7 Å². The zero-order valence-electron chi connectivity index (χ0n) is 10.7. The lowest BCUT2D eigenvalue weighted by molar-refractivity contribution is -0.137. The SMILES string of the molecule is COCCCN(CCC(=O)O)CCC(C)C. The number of nitrogens with zero attached hydrogens (tertiary/aromatic N) is 1. The van der Waals surface area contributed by atoms with E-state index in [1.54, 1.807) is 7.11 Å². The molecular weight excluding hydrogens is 206 g/mol. The molecule has 0 aliphatic rings. The lowest BCUT2D eigenvalue weighted by atomic mass is 10.1. The number of carboxylic acids is 1. The summed E-state index contributed by atoms with van der Waals surface area (Å²) in [5.41, 5.74) is 0. The van der Waals surface area contributed by atoms with Gasteiger partial charge in [0.2, 0.25) is 0 Å². The molecule has 96 valence electrons. The number of methoxy groups -OCH3 is 1. The molecule has 0 aliphatic heterocycles. The number of aliphatic carboxylic acids is 1. The second-order valence-corrected chi connectivity index (χ2v) is 4.51. The Kier molecular flexibility index (Phi) is 9.24. The molecule has 0 saturated heterocycles. The van der Waals surface area contributed by atoms with Gasteiger partial charge in [-0.1, -0.05) is 13.8 Å². The first-order valence-corrected chi connectivity index (χ1v) is 5.99. The van der Waals surface area contributed by atoms with Crippen LogP contribution in [0, 0.1) is 5.92 Å². The van der Waals surface area contributed by atoms with Crippen LogP contribution in [0.1, 0.15) is 33.1 Å². The van der Waals surface area contributed by atoms with E-state index in [1.807, 2.05) is 0 Å². The summed E-state index contributed by atoms with van der Waals surface area (Å²) in [5, 5.41) is 8.66. The lowest BCUT2D eigenvalue weighted by Crippen LogP contribution is -2.30. The van der Waals surface area contributed by atoms with Crippen molar-refractivity contribution < 1.29 is 14.6 Å². The predicted molar refractivity (Wildman–Crippen MR) is 64.6 cm³/mol. The van der Waals surface area contributed by atoms with Gasteiger partial charge in [0.25, 0.3) is 0 Å². The fraction of sp³-hybridized carbons (Fsp3) is 0.917. The molecule has 4 heteroatoms. The average molecular weight is 231 g/mol. The molecule has 0 bridgehead atoms. The van der Waals surface area contributed by atoms with Crippen LogP contribution >= 0.6 is 0 Å². The summed E-state index contributed by atoms with van der Waals surface area (Å²) in [5.74, 6) is -0.0592. The topological polar surface area (TPSA) is 49.8 Å². The second kappa shape index (κ2) is 9.60. The van der Waals surface area contributed by atoms with Crippen molar-refractivity contribution in [2.45, 2.75) is 33.1 Å². The van der Waals surface area contributed by atoms with Crippen molar-refractivity contribution in [1.29, 1.82) is 0 Å². The van der Waals surface area contributed by atoms with E-state index in [-0.39, 0.29) is 6.42 Å². The third-order valence-corrected chi connectivity index (χ3v) is 2.49. The van der Waals surface area contributed by atoms with Crippen molar-refractivity contribution in [3.63, 3.8) is 0 Å². The van der Waals surface area contributed by atoms with Crippen LogP contribution in [0.5, 0.6) is 0 Å². The Morgan fingerprint density at radius 3 is 2.50 bits per heavy atom. The van der Waals surface area contributed by atoms with E-state index >= 15 is 0 Å². The van der Waals surface area contributed by atoms with Gasteiger partial charge in [-0.15, -0.1) is 0 Å². The maximum atomic E-state index is 10.5. The first-order chi connectivity index (χ1) is 7.56. The van der Waals surface area contributed by atoms with Crippen LogP contribution in [-0.4, -0.2) is 49.3 Å². The molecule has 0 radical (unpaired) electrons. The van der Waals surface area contributed by atoms with Gasteiger partial charge in [-0.2, -0.15) is 0 Å². The van der Waals surface area contributed by atoms with E-state index in [9.17, 15) is 4.79 Å². The van der Waals surface area contributed by atoms with Crippen LogP contribution in [0.15, 0.2) is 0 Å². The third-order valence-electron chi connectivity index (χ3n) is 2.49. The normalized spacial score (nSPS) is 11.3. The van der Waals surface area contributed by atoms with Crippen LogP contribution in [0.4, 0.5) is 0 Å². The van der Waals surface area contributed by atoms with E-state index in [0.29, 0.717) is 12.5 Å². The van der Waals surface area contributed by atoms with Gasteiger partial charge < -0.3 is 14.7 Å². The van der Waals surface area contributed by atoms with Crippen molar-refractivity contribution in [2.75, 3.05) is 33.4 Å². The molecular formula is C12H25NO3. The number of ether oxygens (including phenoxy) is 1. The number of carboxylic acid groups (broad SMARTS) is 1. The van der Waals surface area contributed by atoms with Gasteiger partial charge in [0.1, 0.15) is 0 Å². The molecule has 0 fully saturated rings. The highest BCUT2D eigenvalue weighted by molar-refractivity contribution is 5.66. The van der Waals surface area contributed by atoms with Crippen LogP contribution in [0.25, 0.3) is 0 Å². The van der Waals surface area contributed by atoms with Crippen molar-refractivity contribution >= 4 is 5.97 Å². The Morgan fingerprint density at radius 1 is 1.31 bits per heavy atom. The average Bonchev–Trinajstić information content (AvgIpc) is 2.21. The largest absolute Gasteiger partial charge is 0.481 e. The molecule has 0 amide bonds. The smallest absolute Gasteiger partial charge is 0.304 e. The Bertz CT molecular complexity index is 183. The first kappa shape index (κ1) is 15.4. The molecule has 0 unspecified atom stereocenters. The highest BCUT2D eigenvalue weighted by Crippen LogP contribution is 2.03. The minimum Gasteiger partial charge on any atom is -0.481 e. The standard InChI is InChI=1S/C12H25NO3/c1-11(2)5-8-13(7-4-10-16-3)9-6-12(14)15/h11H,4-10H2,1-3H3,(H,14,15). The van der Waals surface area contributed by atoms with Gasteiger partial charge in [-0.05, 0) is 25.3 Å². The second-order valence-electron chi connectivity index (χ2n) is 4.51.